The summed E-state index contributed by atoms with van der Waals surface area (Å²) in [5.74, 6) is 0.283. The number of esters is 1. The van der Waals surface area contributed by atoms with Crippen molar-refractivity contribution in [3.8, 4) is 5.75 Å². The number of rotatable bonds is 6. The van der Waals surface area contributed by atoms with Crippen LogP contribution < -0.4 is 10.1 Å². The van der Waals surface area contributed by atoms with Crippen molar-refractivity contribution in [3.63, 3.8) is 0 Å². The van der Waals surface area contributed by atoms with E-state index in [1.165, 1.54) is 6.42 Å². The SMILES string of the molecule is C[C@@H](Oc1ccccc1)C(=O)OCC(=O)N[C@@H]1CCCC[C@@H]1C. The highest BCUT2D eigenvalue weighted by Crippen LogP contribution is 2.23. The lowest BCUT2D eigenvalue weighted by Gasteiger charge is -2.29. The van der Waals surface area contributed by atoms with Crippen LogP contribution in [0.3, 0.4) is 0 Å². The molecule has 1 amide bonds. The average Bonchev–Trinajstić information content (AvgIpc) is 2.55. The number of ether oxygens (including phenoxy) is 2. The highest BCUT2D eigenvalue weighted by Gasteiger charge is 2.24. The predicted octanol–water partition coefficient (Wildman–Crippen LogP) is 2.69. The number of carbonyl (C=O) groups excluding carboxylic acids is 2. The van der Waals surface area contributed by atoms with E-state index in [9.17, 15) is 9.59 Å². The maximum atomic E-state index is 11.9. The van der Waals surface area contributed by atoms with Crippen molar-refractivity contribution in [1.82, 2.24) is 5.32 Å². The molecule has 1 aliphatic carbocycles. The number of para-hydroxylation sites is 1. The first-order valence-corrected chi connectivity index (χ1v) is 8.24. The van der Waals surface area contributed by atoms with Crippen LogP contribution in [0.4, 0.5) is 0 Å². The second-order valence-electron chi connectivity index (χ2n) is 6.12. The quantitative estimate of drug-likeness (QED) is 0.819. The number of benzene rings is 1. The van der Waals surface area contributed by atoms with Gasteiger partial charge in [-0.05, 0) is 37.8 Å². The molecule has 0 bridgehead atoms. The fraction of sp³-hybridized carbons (Fsp3) is 0.556. The summed E-state index contributed by atoms with van der Waals surface area (Å²) in [5, 5.41) is 2.96. The van der Waals surface area contributed by atoms with Crippen LogP contribution in [0, 0.1) is 5.92 Å². The van der Waals surface area contributed by atoms with Crippen LogP contribution in [-0.2, 0) is 14.3 Å². The zero-order chi connectivity index (χ0) is 16.7. The third-order valence-corrected chi connectivity index (χ3v) is 4.19. The van der Waals surface area contributed by atoms with Gasteiger partial charge in [0.1, 0.15) is 5.75 Å². The van der Waals surface area contributed by atoms with Crippen LogP contribution in [0.1, 0.15) is 39.5 Å². The Hall–Kier alpha value is -2.04. The van der Waals surface area contributed by atoms with Gasteiger partial charge in [0.25, 0.3) is 5.91 Å². The van der Waals surface area contributed by atoms with Crippen LogP contribution in [0.15, 0.2) is 30.3 Å². The van der Waals surface area contributed by atoms with E-state index in [-0.39, 0.29) is 18.6 Å². The van der Waals surface area contributed by atoms with Crippen LogP contribution in [0.2, 0.25) is 0 Å². The highest BCUT2D eigenvalue weighted by atomic mass is 16.6. The molecule has 126 valence electrons. The lowest BCUT2D eigenvalue weighted by atomic mass is 9.86. The standard InChI is InChI=1S/C18H25NO4/c1-13-8-6-7-11-16(13)19-17(20)12-22-18(21)14(2)23-15-9-4-3-5-10-15/h3-5,9-10,13-14,16H,6-8,11-12H2,1-2H3,(H,19,20)/t13-,14+,16+/m0/s1. The van der Waals surface area contributed by atoms with E-state index in [0.717, 1.165) is 19.3 Å². The monoisotopic (exact) mass is 319 g/mol. The fourth-order valence-electron chi connectivity index (χ4n) is 2.78. The summed E-state index contributed by atoms with van der Waals surface area (Å²) in [6.07, 6.45) is 3.73. The Balaban J connectivity index is 1.71. The molecule has 0 heterocycles. The molecule has 0 spiro atoms. The third-order valence-electron chi connectivity index (χ3n) is 4.19. The maximum absolute atomic E-state index is 11.9. The normalized spacial score (nSPS) is 22.0. The van der Waals surface area contributed by atoms with E-state index in [4.69, 9.17) is 9.47 Å². The van der Waals surface area contributed by atoms with Gasteiger partial charge in [-0.3, -0.25) is 4.79 Å². The Kier molecular flexibility index (Phi) is 6.44. The van der Waals surface area contributed by atoms with Gasteiger partial charge >= 0.3 is 5.97 Å². The first-order chi connectivity index (χ1) is 11.1. The summed E-state index contributed by atoms with van der Waals surface area (Å²) >= 11 is 0. The fourth-order valence-corrected chi connectivity index (χ4v) is 2.78. The van der Waals surface area contributed by atoms with Gasteiger partial charge in [0.2, 0.25) is 0 Å². The second kappa shape index (κ2) is 8.56. The van der Waals surface area contributed by atoms with E-state index in [0.29, 0.717) is 11.7 Å². The minimum absolute atomic E-state index is 0.188. The van der Waals surface area contributed by atoms with E-state index < -0.39 is 12.1 Å². The van der Waals surface area contributed by atoms with Crippen molar-refractivity contribution >= 4 is 11.9 Å². The Bertz CT molecular complexity index is 517. The van der Waals surface area contributed by atoms with E-state index in [2.05, 4.69) is 12.2 Å². The largest absolute Gasteiger partial charge is 0.479 e. The average molecular weight is 319 g/mol. The van der Waals surface area contributed by atoms with Gasteiger partial charge in [-0.1, -0.05) is 38.0 Å². The van der Waals surface area contributed by atoms with Gasteiger partial charge in [0.05, 0.1) is 0 Å². The van der Waals surface area contributed by atoms with Gasteiger partial charge in [0.15, 0.2) is 12.7 Å². The first-order valence-electron chi connectivity index (χ1n) is 8.24. The number of hydrogen-bond donors (Lipinski definition) is 1. The lowest BCUT2D eigenvalue weighted by Crippen LogP contribution is -2.43. The first kappa shape index (κ1) is 17.3. The molecule has 1 saturated carbocycles. The van der Waals surface area contributed by atoms with Crippen molar-refractivity contribution in [1.29, 1.82) is 0 Å². The number of nitrogens with one attached hydrogen (secondary N) is 1. The molecule has 0 aliphatic heterocycles. The van der Waals surface area contributed by atoms with Crippen LogP contribution in [-0.4, -0.2) is 30.6 Å². The Morgan fingerprint density at radius 1 is 1.22 bits per heavy atom. The molecule has 0 aromatic heterocycles. The van der Waals surface area contributed by atoms with Gasteiger partial charge < -0.3 is 14.8 Å². The van der Waals surface area contributed by atoms with Gasteiger partial charge in [-0.2, -0.15) is 0 Å². The van der Waals surface area contributed by atoms with Crippen molar-refractivity contribution in [3.05, 3.63) is 30.3 Å². The maximum Gasteiger partial charge on any atom is 0.347 e. The molecule has 1 N–H and O–H groups in total. The molecule has 2 rings (SSSR count). The summed E-state index contributed by atoms with van der Waals surface area (Å²) in [4.78, 5) is 23.8. The van der Waals surface area contributed by atoms with Gasteiger partial charge in [-0.25, -0.2) is 4.79 Å². The minimum atomic E-state index is -0.751. The van der Waals surface area contributed by atoms with E-state index in [1.54, 1.807) is 19.1 Å². The molecular formula is C18H25NO4. The van der Waals surface area contributed by atoms with E-state index in [1.807, 2.05) is 18.2 Å². The Morgan fingerprint density at radius 3 is 2.61 bits per heavy atom. The van der Waals surface area contributed by atoms with Crippen LogP contribution >= 0.6 is 0 Å². The summed E-state index contributed by atoms with van der Waals surface area (Å²) < 4.78 is 10.5. The Labute approximate surface area is 137 Å². The molecule has 5 heteroatoms. The lowest BCUT2D eigenvalue weighted by molar-refractivity contribution is -0.155. The number of carbonyl (C=O) groups is 2. The molecule has 1 aromatic carbocycles. The topological polar surface area (TPSA) is 64.6 Å². The molecular weight excluding hydrogens is 294 g/mol. The van der Waals surface area contributed by atoms with Crippen molar-refractivity contribution in [2.75, 3.05) is 6.61 Å². The van der Waals surface area contributed by atoms with Crippen molar-refractivity contribution in [2.24, 2.45) is 5.92 Å². The smallest absolute Gasteiger partial charge is 0.347 e. The zero-order valence-electron chi connectivity index (χ0n) is 13.8. The molecule has 0 unspecified atom stereocenters. The minimum Gasteiger partial charge on any atom is -0.479 e. The molecule has 1 fully saturated rings. The highest BCUT2D eigenvalue weighted by molar-refractivity contribution is 5.82. The zero-order valence-corrected chi connectivity index (χ0v) is 13.8. The van der Waals surface area contributed by atoms with E-state index >= 15 is 0 Å². The third kappa shape index (κ3) is 5.58. The molecule has 0 saturated heterocycles. The summed E-state index contributed by atoms with van der Waals surface area (Å²) in [6.45, 7) is 3.49. The summed E-state index contributed by atoms with van der Waals surface area (Å²) in [6, 6.07) is 9.24. The number of hydrogen-bond acceptors (Lipinski definition) is 4. The Morgan fingerprint density at radius 2 is 1.91 bits per heavy atom. The summed E-state index contributed by atoms with van der Waals surface area (Å²) in [7, 11) is 0. The van der Waals surface area contributed by atoms with Crippen LogP contribution in [0.25, 0.3) is 0 Å². The molecule has 1 aromatic rings. The predicted molar refractivity (Wildman–Crippen MR) is 87.1 cm³/mol. The van der Waals surface area contributed by atoms with Gasteiger partial charge in [0, 0.05) is 6.04 Å². The molecule has 23 heavy (non-hydrogen) atoms. The van der Waals surface area contributed by atoms with Crippen molar-refractivity contribution in [2.45, 2.75) is 51.7 Å². The molecule has 0 radical (unpaired) electrons. The van der Waals surface area contributed by atoms with Crippen molar-refractivity contribution < 1.29 is 19.1 Å². The second-order valence-corrected chi connectivity index (χ2v) is 6.12. The molecule has 1 aliphatic rings. The number of amides is 1. The van der Waals surface area contributed by atoms with Gasteiger partial charge in [-0.15, -0.1) is 0 Å². The summed E-state index contributed by atoms with van der Waals surface area (Å²) in [5.41, 5.74) is 0. The molecule has 5 nitrogen and oxygen atoms in total. The molecule has 3 atom stereocenters. The van der Waals surface area contributed by atoms with Crippen LogP contribution in [0.5, 0.6) is 5.75 Å².